The average molecular weight is 268 g/mol. The predicted molar refractivity (Wildman–Crippen MR) is 68.3 cm³/mol. The van der Waals surface area contributed by atoms with Crippen molar-refractivity contribution < 1.29 is 14.7 Å². The molecule has 1 aromatic rings. The molecular weight excluding hydrogens is 248 g/mol. The molecule has 0 fully saturated rings. The maximum atomic E-state index is 11.7. The van der Waals surface area contributed by atoms with Crippen molar-refractivity contribution in [1.82, 2.24) is 20.3 Å². The van der Waals surface area contributed by atoms with Crippen molar-refractivity contribution in [3.05, 3.63) is 12.4 Å². The van der Waals surface area contributed by atoms with Crippen LogP contribution < -0.4 is 5.32 Å². The summed E-state index contributed by atoms with van der Waals surface area (Å²) >= 11 is 0. The molecule has 0 bridgehead atoms. The van der Waals surface area contributed by atoms with E-state index in [9.17, 15) is 14.7 Å². The Morgan fingerprint density at radius 2 is 2.05 bits per heavy atom. The lowest BCUT2D eigenvalue weighted by atomic mass is 9.82. The van der Waals surface area contributed by atoms with E-state index in [-0.39, 0.29) is 18.9 Å². The van der Waals surface area contributed by atoms with Crippen LogP contribution in [-0.4, -0.2) is 38.5 Å². The van der Waals surface area contributed by atoms with Gasteiger partial charge in [0.05, 0.1) is 18.2 Å². The number of hydrogen-bond donors (Lipinski definition) is 2. The van der Waals surface area contributed by atoms with Crippen molar-refractivity contribution in [2.24, 2.45) is 5.41 Å². The van der Waals surface area contributed by atoms with E-state index in [1.165, 1.54) is 0 Å². The number of nitrogens with one attached hydrogen (secondary N) is 1. The van der Waals surface area contributed by atoms with Gasteiger partial charge in [0.2, 0.25) is 5.91 Å². The summed E-state index contributed by atoms with van der Waals surface area (Å²) in [6, 6.07) is 0. The van der Waals surface area contributed by atoms with E-state index in [1.807, 2.05) is 13.8 Å². The van der Waals surface area contributed by atoms with Crippen LogP contribution in [0.4, 0.5) is 0 Å². The standard InChI is InChI=1S/C12H20N4O3/c1-3-12(4-2,11(18)19)9-13-10(17)5-7-16-8-6-14-15-16/h6,8H,3-5,7,9H2,1-2H3,(H,13,17)(H,18,19). The number of aryl methyl sites for hydroxylation is 1. The third kappa shape index (κ3) is 4.04. The van der Waals surface area contributed by atoms with E-state index in [2.05, 4.69) is 15.6 Å². The van der Waals surface area contributed by atoms with Gasteiger partial charge in [0, 0.05) is 19.2 Å². The molecule has 0 atom stereocenters. The Balaban J connectivity index is 2.42. The molecular formula is C12H20N4O3. The first-order valence-corrected chi connectivity index (χ1v) is 6.38. The maximum absolute atomic E-state index is 11.7. The molecule has 0 aliphatic carbocycles. The van der Waals surface area contributed by atoms with E-state index in [1.54, 1.807) is 17.1 Å². The second-order valence-electron chi connectivity index (χ2n) is 4.49. The molecule has 7 nitrogen and oxygen atoms in total. The molecule has 0 unspecified atom stereocenters. The number of carboxylic acids is 1. The quantitative estimate of drug-likeness (QED) is 0.722. The summed E-state index contributed by atoms with van der Waals surface area (Å²) in [6.45, 7) is 4.23. The first kappa shape index (κ1) is 15.1. The average Bonchev–Trinajstić information content (AvgIpc) is 2.91. The Hall–Kier alpha value is -1.92. The normalized spacial score (nSPS) is 11.3. The van der Waals surface area contributed by atoms with Crippen molar-refractivity contribution in [2.45, 2.75) is 39.7 Å². The van der Waals surface area contributed by atoms with Gasteiger partial charge < -0.3 is 10.4 Å². The Kier molecular flexibility index (Phi) is 5.47. The maximum Gasteiger partial charge on any atom is 0.311 e. The highest BCUT2D eigenvalue weighted by Gasteiger charge is 2.34. The summed E-state index contributed by atoms with van der Waals surface area (Å²) in [7, 11) is 0. The number of carbonyl (C=O) groups is 2. The molecule has 0 aliphatic heterocycles. The number of carbonyl (C=O) groups excluding carboxylic acids is 1. The van der Waals surface area contributed by atoms with Crippen LogP contribution in [0.2, 0.25) is 0 Å². The van der Waals surface area contributed by atoms with E-state index in [4.69, 9.17) is 0 Å². The van der Waals surface area contributed by atoms with Gasteiger partial charge >= 0.3 is 5.97 Å². The molecule has 1 aromatic heterocycles. The molecule has 106 valence electrons. The van der Waals surface area contributed by atoms with Crippen molar-refractivity contribution in [1.29, 1.82) is 0 Å². The van der Waals surface area contributed by atoms with Gasteiger partial charge in [-0.1, -0.05) is 19.1 Å². The summed E-state index contributed by atoms with van der Waals surface area (Å²) in [4.78, 5) is 22.9. The molecule has 1 rings (SSSR count). The minimum Gasteiger partial charge on any atom is -0.481 e. The van der Waals surface area contributed by atoms with Crippen molar-refractivity contribution >= 4 is 11.9 Å². The predicted octanol–water partition coefficient (Wildman–Crippen LogP) is 0.675. The summed E-state index contributed by atoms with van der Waals surface area (Å²) in [5, 5.41) is 19.3. The van der Waals surface area contributed by atoms with Gasteiger partial charge in [0.15, 0.2) is 0 Å². The fourth-order valence-corrected chi connectivity index (χ4v) is 1.80. The Morgan fingerprint density at radius 3 is 2.53 bits per heavy atom. The molecule has 7 heteroatoms. The summed E-state index contributed by atoms with van der Waals surface area (Å²) < 4.78 is 1.56. The van der Waals surface area contributed by atoms with Crippen LogP contribution >= 0.6 is 0 Å². The van der Waals surface area contributed by atoms with Crippen LogP contribution in [0.15, 0.2) is 12.4 Å². The number of amides is 1. The third-order valence-corrected chi connectivity index (χ3v) is 3.47. The van der Waals surface area contributed by atoms with Crippen LogP contribution in [0.1, 0.15) is 33.1 Å². The van der Waals surface area contributed by atoms with E-state index in [0.29, 0.717) is 19.4 Å². The zero-order valence-corrected chi connectivity index (χ0v) is 11.3. The van der Waals surface area contributed by atoms with E-state index < -0.39 is 11.4 Å². The van der Waals surface area contributed by atoms with Crippen LogP contribution in [0, 0.1) is 5.41 Å². The SMILES string of the molecule is CCC(CC)(CNC(=O)CCn1ccnn1)C(=O)O. The largest absolute Gasteiger partial charge is 0.481 e. The van der Waals surface area contributed by atoms with Gasteiger partial charge in [-0.2, -0.15) is 0 Å². The fraction of sp³-hybridized carbons (Fsp3) is 0.667. The Morgan fingerprint density at radius 1 is 1.37 bits per heavy atom. The summed E-state index contributed by atoms with van der Waals surface area (Å²) in [5.74, 6) is -1.04. The highest BCUT2D eigenvalue weighted by atomic mass is 16.4. The lowest BCUT2D eigenvalue weighted by Crippen LogP contribution is -2.42. The highest BCUT2D eigenvalue weighted by Crippen LogP contribution is 2.25. The second kappa shape index (κ2) is 6.86. The topological polar surface area (TPSA) is 97.1 Å². The summed E-state index contributed by atoms with van der Waals surface area (Å²) in [5.41, 5.74) is -0.872. The molecule has 2 N–H and O–H groups in total. The van der Waals surface area contributed by atoms with Gasteiger partial charge in [0.25, 0.3) is 0 Å². The van der Waals surface area contributed by atoms with E-state index >= 15 is 0 Å². The smallest absolute Gasteiger partial charge is 0.311 e. The molecule has 0 radical (unpaired) electrons. The number of rotatable bonds is 8. The van der Waals surface area contributed by atoms with Crippen molar-refractivity contribution in [2.75, 3.05) is 6.54 Å². The van der Waals surface area contributed by atoms with Crippen molar-refractivity contribution in [3.63, 3.8) is 0 Å². The van der Waals surface area contributed by atoms with Gasteiger partial charge in [-0.3, -0.25) is 14.3 Å². The third-order valence-electron chi connectivity index (χ3n) is 3.47. The minimum absolute atomic E-state index is 0.158. The van der Waals surface area contributed by atoms with Crippen LogP contribution in [0.5, 0.6) is 0 Å². The number of hydrogen-bond acceptors (Lipinski definition) is 4. The molecule has 0 spiro atoms. The monoisotopic (exact) mass is 268 g/mol. The second-order valence-corrected chi connectivity index (χ2v) is 4.49. The lowest BCUT2D eigenvalue weighted by molar-refractivity contribution is -0.149. The highest BCUT2D eigenvalue weighted by molar-refractivity contribution is 5.78. The molecule has 1 amide bonds. The summed E-state index contributed by atoms with van der Waals surface area (Å²) in [6.07, 6.45) is 4.45. The first-order chi connectivity index (χ1) is 9.04. The molecule has 1 heterocycles. The fourth-order valence-electron chi connectivity index (χ4n) is 1.80. The minimum atomic E-state index is -0.872. The van der Waals surface area contributed by atoms with Gasteiger partial charge in [-0.15, -0.1) is 5.10 Å². The zero-order chi connectivity index (χ0) is 14.3. The molecule has 0 saturated carbocycles. The number of nitrogens with zero attached hydrogens (tertiary/aromatic N) is 3. The number of aliphatic carboxylic acids is 1. The number of carboxylic acid groups (broad SMARTS) is 1. The molecule has 0 aliphatic rings. The zero-order valence-electron chi connectivity index (χ0n) is 11.3. The molecule has 0 aromatic carbocycles. The lowest BCUT2D eigenvalue weighted by Gasteiger charge is -2.26. The Bertz CT molecular complexity index is 413. The molecule has 0 saturated heterocycles. The molecule has 19 heavy (non-hydrogen) atoms. The van der Waals surface area contributed by atoms with Gasteiger partial charge in [-0.05, 0) is 12.8 Å². The number of aromatic nitrogens is 3. The van der Waals surface area contributed by atoms with Crippen LogP contribution in [-0.2, 0) is 16.1 Å². The van der Waals surface area contributed by atoms with Crippen molar-refractivity contribution in [3.8, 4) is 0 Å². The van der Waals surface area contributed by atoms with E-state index in [0.717, 1.165) is 0 Å². The Labute approximate surface area is 112 Å². The van der Waals surface area contributed by atoms with Gasteiger partial charge in [0.1, 0.15) is 0 Å². The van der Waals surface area contributed by atoms with Crippen LogP contribution in [0.3, 0.4) is 0 Å². The first-order valence-electron chi connectivity index (χ1n) is 6.38. The van der Waals surface area contributed by atoms with Gasteiger partial charge in [-0.25, -0.2) is 0 Å². The van der Waals surface area contributed by atoms with Crippen LogP contribution in [0.25, 0.3) is 0 Å².